The van der Waals surface area contributed by atoms with Gasteiger partial charge in [-0.15, -0.1) is 0 Å². The number of carboxylic acid groups (broad SMARTS) is 2. The number of aryl methyl sites for hydroxylation is 1. The van der Waals surface area contributed by atoms with Crippen molar-refractivity contribution in [2.45, 2.75) is 26.3 Å². The summed E-state index contributed by atoms with van der Waals surface area (Å²) in [5.41, 5.74) is 5.37. The number of H-pyrrole nitrogens is 1. The predicted molar refractivity (Wildman–Crippen MR) is 105 cm³/mol. The number of carbonyl (C=O) groups is 2. The van der Waals surface area contributed by atoms with Gasteiger partial charge in [-0.2, -0.15) is 0 Å². The molecule has 4 N–H and O–H groups in total. The van der Waals surface area contributed by atoms with E-state index in [4.69, 9.17) is 19.8 Å². The molecule has 3 rings (SSSR count). The van der Waals surface area contributed by atoms with Crippen LogP contribution in [0.4, 0.5) is 0 Å². The van der Waals surface area contributed by atoms with E-state index in [9.17, 15) is 0 Å². The fraction of sp³-hybridized carbons (Fsp3) is 0.238. The van der Waals surface area contributed by atoms with Gasteiger partial charge in [0, 0.05) is 23.6 Å². The van der Waals surface area contributed by atoms with Crippen molar-refractivity contribution in [2.24, 2.45) is 0 Å². The second-order valence-electron chi connectivity index (χ2n) is 6.07. The molecular weight excluding hydrogens is 344 g/mol. The Morgan fingerprint density at radius 1 is 0.963 bits per heavy atom. The Morgan fingerprint density at radius 3 is 2.22 bits per heavy atom. The molecule has 3 aromatic rings. The number of aromatic nitrogens is 1. The number of fused-ring (bicyclic) bond motifs is 1. The number of carboxylic acids is 2. The van der Waals surface area contributed by atoms with E-state index in [-0.39, 0.29) is 0 Å². The highest BCUT2D eigenvalue weighted by Gasteiger charge is 2.04. The lowest BCUT2D eigenvalue weighted by atomic mass is 10.1. The second kappa shape index (κ2) is 10.1. The molecule has 0 atom stereocenters. The van der Waals surface area contributed by atoms with Crippen molar-refractivity contribution in [1.82, 2.24) is 10.3 Å². The lowest BCUT2D eigenvalue weighted by molar-refractivity contribution is -0.159. The molecule has 0 aliphatic rings. The van der Waals surface area contributed by atoms with E-state index >= 15 is 0 Å². The third-order valence-corrected chi connectivity index (χ3v) is 4.19. The molecule has 0 amide bonds. The Labute approximate surface area is 157 Å². The van der Waals surface area contributed by atoms with Crippen molar-refractivity contribution in [3.63, 3.8) is 0 Å². The zero-order chi connectivity index (χ0) is 19.6. The van der Waals surface area contributed by atoms with Gasteiger partial charge in [-0.25, -0.2) is 9.59 Å². The van der Waals surface area contributed by atoms with Crippen molar-refractivity contribution in [3.8, 4) is 0 Å². The number of para-hydroxylation sites is 1. The third kappa shape index (κ3) is 6.27. The molecule has 0 aliphatic heterocycles. The van der Waals surface area contributed by atoms with Gasteiger partial charge in [0.15, 0.2) is 0 Å². The number of aromatic amines is 1. The fourth-order valence-corrected chi connectivity index (χ4v) is 2.69. The summed E-state index contributed by atoms with van der Waals surface area (Å²) in [6.45, 7) is 4.12. The Morgan fingerprint density at radius 2 is 1.59 bits per heavy atom. The number of hydrogen-bond donors (Lipinski definition) is 4. The van der Waals surface area contributed by atoms with Crippen LogP contribution in [-0.2, 0) is 29.0 Å². The zero-order valence-electron chi connectivity index (χ0n) is 15.2. The molecular formula is C21H24N2O4. The smallest absolute Gasteiger partial charge is 0.414 e. The molecule has 1 aromatic heterocycles. The molecule has 142 valence electrons. The normalized spacial score (nSPS) is 10.3. The van der Waals surface area contributed by atoms with Gasteiger partial charge in [0.1, 0.15) is 0 Å². The second-order valence-corrected chi connectivity index (χ2v) is 6.07. The fourth-order valence-electron chi connectivity index (χ4n) is 2.69. The average Bonchev–Trinajstić information content (AvgIpc) is 3.09. The van der Waals surface area contributed by atoms with Gasteiger partial charge in [0.25, 0.3) is 0 Å². The molecule has 0 saturated carbocycles. The van der Waals surface area contributed by atoms with Crippen LogP contribution in [0.1, 0.15) is 23.6 Å². The SMILES string of the molecule is CCc1ccc(CNCCc2c[nH]c3ccccc23)cc1.O=C(O)C(=O)O. The van der Waals surface area contributed by atoms with E-state index < -0.39 is 11.9 Å². The molecule has 0 fully saturated rings. The molecule has 0 saturated heterocycles. The van der Waals surface area contributed by atoms with Crippen LogP contribution in [0.25, 0.3) is 10.9 Å². The molecule has 27 heavy (non-hydrogen) atoms. The van der Waals surface area contributed by atoms with E-state index in [0.29, 0.717) is 0 Å². The summed E-state index contributed by atoms with van der Waals surface area (Å²) in [4.78, 5) is 21.5. The van der Waals surface area contributed by atoms with E-state index in [1.807, 2.05) is 0 Å². The maximum absolute atomic E-state index is 9.10. The minimum absolute atomic E-state index is 0.937. The maximum atomic E-state index is 9.10. The first-order valence-corrected chi connectivity index (χ1v) is 8.81. The largest absolute Gasteiger partial charge is 0.473 e. The van der Waals surface area contributed by atoms with Crippen LogP contribution in [0.15, 0.2) is 54.7 Å². The van der Waals surface area contributed by atoms with Crippen molar-refractivity contribution in [3.05, 3.63) is 71.4 Å². The quantitative estimate of drug-likeness (QED) is 0.395. The number of nitrogens with one attached hydrogen (secondary N) is 2. The minimum Gasteiger partial charge on any atom is -0.473 e. The van der Waals surface area contributed by atoms with Crippen LogP contribution in [0.3, 0.4) is 0 Å². The van der Waals surface area contributed by atoms with E-state index in [2.05, 4.69) is 72.0 Å². The average molecular weight is 368 g/mol. The molecule has 6 nitrogen and oxygen atoms in total. The summed E-state index contributed by atoms with van der Waals surface area (Å²) in [6, 6.07) is 17.4. The van der Waals surface area contributed by atoms with Crippen LogP contribution in [-0.4, -0.2) is 33.7 Å². The Hall–Kier alpha value is -3.12. The number of hydrogen-bond acceptors (Lipinski definition) is 3. The Balaban J connectivity index is 0.000000380. The van der Waals surface area contributed by atoms with Gasteiger partial charge in [0.05, 0.1) is 0 Å². The highest BCUT2D eigenvalue weighted by atomic mass is 16.4. The first-order valence-electron chi connectivity index (χ1n) is 8.81. The highest BCUT2D eigenvalue weighted by Crippen LogP contribution is 2.17. The molecule has 6 heteroatoms. The molecule has 0 radical (unpaired) electrons. The van der Waals surface area contributed by atoms with Gasteiger partial charge in [-0.3, -0.25) is 0 Å². The van der Waals surface area contributed by atoms with Gasteiger partial charge in [-0.05, 0) is 42.1 Å². The number of benzene rings is 2. The Bertz CT molecular complexity index is 873. The molecule has 0 bridgehead atoms. The van der Waals surface area contributed by atoms with E-state index in [1.54, 1.807) is 0 Å². The van der Waals surface area contributed by atoms with Crippen LogP contribution in [0.2, 0.25) is 0 Å². The van der Waals surface area contributed by atoms with Crippen LogP contribution in [0, 0.1) is 0 Å². The summed E-state index contributed by atoms with van der Waals surface area (Å²) in [5, 5.41) is 19.7. The van der Waals surface area contributed by atoms with Crippen molar-refractivity contribution in [2.75, 3.05) is 6.54 Å². The zero-order valence-corrected chi connectivity index (χ0v) is 15.2. The molecule has 1 heterocycles. The van der Waals surface area contributed by atoms with Crippen molar-refractivity contribution in [1.29, 1.82) is 0 Å². The van der Waals surface area contributed by atoms with Gasteiger partial charge < -0.3 is 20.5 Å². The standard InChI is InChI=1S/C19H22N2.C2H2O4/c1-2-15-7-9-16(10-8-15)13-20-12-11-17-14-21-19-6-4-3-5-18(17)19;3-1(4)2(5)6/h3-10,14,20-21H,2,11-13H2,1H3;(H,3,4)(H,5,6). The van der Waals surface area contributed by atoms with Crippen LogP contribution >= 0.6 is 0 Å². The lowest BCUT2D eigenvalue weighted by Crippen LogP contribution is -2.16. The molecule has 0 aliphatic carbocycles. The summed E-state index contributed by atoms with van der Waals surface area (Å²) < 4.78 is 0. The van der Waals surface area contributed by atoms with E-state index in [0.717, 1.165) is 25.9 Å². The molecule has 0 unspecified atom stereocenters. The third-order valence-electron chi connectivity index (χ3n) is 4.19. The Kier molecular flexibility index (Phi) is 7.58. The van der Waals surface area contributed by atoms with E-state index in [1.165, 1.54) is 27.6 Å². The minimum atomic E-state index is -1.82. The monoisotopic (exact) mass is 368 g/mol. The van der Waals surface area contributed by atoms with Gasteiger partial charge in [-0.1, -0.05) is 49.4 Å². The van der Waals surface area contributed by atoms with Crippen LogP contribution < -0.4 is 5.32 Å². The summed E-state index contributed by atoms with van der Waals surface area (Å²) in [6.07, 6.45) is 4.29. The van der Waals surface area contributed by atoms with Crippen molar-refractivity contribution < 1.29 is 19.8 Å². The summed E-state index contributed by atoms with van der Waals surface area (Å²) in [7, 11) is 0. The maximum Gasteiger partial charge on any atom is 0.414 e. The molecule has 2 aromatic carbocycles. The first kappa shape index (κ1) is 20.2. The predicted octanol–water partition coefficient (Wildman–Crippen LogP) is 3.22. The molecule has 0 spiro atoms. The van der Waals surface area contributed by atoms with Crippen LogP contribution in [0.5, 0.6) is 0 Å². The van der Waals surface area contributed by atoms with Gasteiger partial charge >= 0.3 is 11.9 Å². The van der Waals surface area contributed by atoms with Crippen molar-refractivity contribution >= 4 is 22.8 Å². The summed E-state index contributed by atoms with van der Waals surface area (Å²) in [5.74, 6) is -3.65. The first-order chi connectivity index (χ1) is 13.0. The topological polar surface area (TPSA) is 102 Å². The lowest BCUT2D eigenvalue weighted by Gasteiger charge is -2.05. The van der Waals surface area contributed by atoms with Gasteiger partial charge in [0.2, 0.25) is 0 Å². The highest BCUT2D eigenvalue weighted by molar-refractivity contribution is 6.27. The summed E-state index contributed by atoms with van der Waals surface area (Å²) >= 11 is 0. The number of aliphatic carboxylic acids is 2. The number of rotatable bonds is 6.